The van der Waals surface area contributed by atoms with E-state index in [4.69, 9.17) is 4.74 Å². The van der Waals surface area contributed by atoms with Gasteiger partial charge >= 0.3 is 0 Å². The minimum Gasteiger partial charge on any atom is -0.382 e. The molecular weight excluding hydrogens is 298 g/mol. The molecule has 0 amide bonds. The fourth-order valence-electron chi connectivity index (χ4n) is 2.60. The van der Waals surface area contributed by atoms with Crippen molar-refractivity contribution < 1.29 is 13.2 Å². The number of sulfonamides is 1. The predicted octanol–water partition coefficient (Wildman–Crippen LogP) is 2.84. The number of nitrogens with one attached hydrogen (secondary N) is 1. The molecule has 0 radical (unpaired) electrons. The van der Waals surface area contributed by atoms with Crippen LogP contribution in [0.2, 0.25) is 0 Å². The van der Waals surface area contributed by atoms with Crippen LogP contribution in [-0.4, -0.2) is 22.1 Å². The van der Waals surface area contributed by atoms with Crippen LogP contribution in [0, 0.1) is 6.92 Å². The number of benzene rings is 2. The molecule has 1 unspecified atom stereocenters. The van der Waals surface area contributed by atoms with Crippen LogP contribution in [0.5, 0.6) is 0 Å². The SMILES string of the molecule is COCC(C)(NS(=O)(=O)c1ccccc1)c1ccccc1C. The van der Waals surface area contributed by atoms with Crippen LogP contribution in [0.15, 0.2) is 59.5 Å². The van der Waals surface area contributed by atoms with Gasteiger partial charge in [0.2, 0.25) is 10.0 Å². The van der Waals surface area contributed by atoms with Crippen molar-refractivity contribution in [2.24, 2.45) is 0 Å². The highest BCUT2D eigenvalue weighted by Crippen LogP contribution is 2.26. The van der Waals surface area contributed by atoms with Gasteiger partial charge in [-0.2, -0.15) is 4.72 Å². The zero-order chi connectivity index (χ0) is 16.2. The predicted molar refractivity (Wildman–Crippen MR) is 87.2 cm³/mol. The Morgan fingerprint density at radius 2 is 1.64 bits per heavy atom. The lowest BCUT2D eigenvalue weighted by molar-refractivity contribution is 0.131. The zero-order valence-corrected chi connectivity index (χ0v) is 13.9. The third-order valence-electron chi connectivity index (χ3n) is 3.59. The summed E-state index contributed by atoms with van der Waals surface area (Å²) in [5.41, 5.74) is 1.07. The van der Waals surface area contributed by atoms with Gasteiger partial charge in [0.15, 0.2) is 0 Å². The average Bonchev–Trinajstić information content (AvgIpc) is 2.48. The molecule has 2 aromatic carbocycles. The molecule has 0 saturated heterocycles. The van der Waals surface area contributed by atoms with Crippen LogP contribution in [0.25, 0.3) is 0 Å². The van der Waals surface area contributed by atoms with E-state index in [1.54, 1.807) is 37.4 Å². The standard InChI is InChI=1S/C17H21NO3S/c1-14-9-7-8-12-16(14)17(2,13-21-3)18-22(19,20)15-10-5-4-6-11-15/h4-12,18H,13H2,1-3H3. The molecular formula is C17H21NO3S. The maximum absolute atomic E-state index is 12.6. The molecule has 0 spiro atoms. The molecule has 0 bridgehead atoms. The van der Waals surface area contributed by atoms with Crippen molar-refractivity contribution in [1.29, 1.82) is 0 Å². The zero-order valence-electron chi connectivity index (χ0n) is 13.0. The first-order chi connectivity index (χ1) is 10.4. The van der Waals surface area contributed by atoms with Gasteiger partial charge in [0.05, 0.1) is 17.0 Å². The second-order valence-corrected chi connectivity index (χ2v) is 7.18. The third kappa shape index (κ3) is 3.55. The number of hydrogen-bond donors (Lipinski definition) is 1. The number of rotatable bonds is 6. The quantitative estimate of drug-likeness (QED) is 0.891. The summed E-state index contributed by atoms with van der Waals surface area (Å²) in [5, 5.41) is 0. The summed E-state index contributed by atoms with van der Waals surface area (Å²) >= 11 is 0. The van der Waals surface area contributed by atoms with E-state index in [-0.39, 0.29) is 11.5 Å². The van der Waals surface area contributed by atoms with Crippen molar-refractivity contribution in [2.45, 2.75) is 24.3 Å². The molecule has 2 rings (SSSR count). The first-order valence-electron chi connectivity index (χ1n) is 7.03. The summed E-state index contributed by atoms with van der Waals surface area (Å²) in [4.78, 5) is 0.242. The maximum Gasteiger partial charge on any atom is 0.241 e. The lowest BCUT2D eigenvalue weighted by atomic mass is 9.90. The van der Waals surface area contributed by atoms with E-state index in [2.05, 4.69) is 4.72 Å². The highest BCUT2D eigenvalue weighted by atomic mass is 32.2. The minimum atomic E-state index is -3.64. The van der Waals surface area contributed by atoms with Crippen LogP contribution in [0.1, 0.15) is 18.1 Å². The maximum atomic E-state index is 12.6. The van der Waals surface area contributed by atoms with Crippen LogP contribution >= 0.6 is 0 Å². The van der Waals surface area contributed by atoms with Crippen LogP contribution < -0.4 is 4.72 Å². The molecule has 22 heavy (non-hydrogen) atoms. The summed E-state index contributed by atoms with van der Waals surface area (Å²) in [6.45, 7) is 4.03. The summed E-state index contributed by atoms with van der Waals surface area (Å²) in [5.74, 6) is 0. The van der Waals surface area contributed by atoms with Crippen LogP contribution in [0.3, 0.4) is 0 Å². The second kappa shape index (κ2) is 6.60. The van der Waals surface area contributed by atoms with Crippen LogP contribution in [0.4, 0.5) is 0 Å². The van der Waals surface area contributed by atoms with E-state index in [0.717, 1.165) is 11.1 Å². The Morgan fingerprint density at radius 3 is 2.23 bits per heavy atom. The molecule has 0 saturated carbocycles. The van der Waals surface area contributed by atoms with E-state index < -0.39 is 15.6 Å². The van der Waals surface area contributed by atoms with E-state index >= 15 is 0 Å². The normalized spacial score (nSPS) is 14.5. The van der Waals surface area contributed by atoms with Crippen molar-refractivity contribution in [3.63, 3.8) is 0 Å². The van der Waals surface area contributed by atoms with Gasteiger partial charge in [-0.05, 0) is 37.1 Å². The average molecular weight is 319 g/mol. The van der Waals surface area contributed by atoms with E-state index in [1.165, 1.54) is 0 Å². The molecule has 2 aromatic rings. The van der Waals surface area contributed by atoms with Gasteiger partial charge in [0.1, 0.15) is 0 Å². The number of methoxy groups -OCH3 is 1. The lowest BCUT2D eigenvalue weighted by Crippen LogP contribution is -2.47. The van der Waals surface area contributed by atoms with Gasteiger partial charge < -0.3 is 4.74 Å². The van der Waals surface area contributed by atoms with Crippen molar-refractivity contribution in [3.05, 3.63) is 65.7 Å². The first kappa shape index (κ1) is 16.7. The van der Waals surface area contributed by atoms with Gasteiger partial charge in [-0.15, -0.1) is 0 Å². The number of hydrogen-bond acceptors (Lipinski definition) is 3. The second-order valence-electron chi connectivity index (χ2n) is 5.50. The molecule has 0 aromatic heterocycles. The molecule has 5 heteroatoms. The Bertz CT molecular complexity index is 729. The highest BCUT2D eigenvalue weighted by molar-refractivity contribution is 7.89. The van der Waals surface area contributed by atoms with Crippen LogP contribution in [-0.2, 0) is 20.3 Å². The minimum absolute atomic E-state index is 0.240. The summed E-state index contributed by atoms with van der Waals surface area (Å²) < 4.78 is 33.3. The Morgan fingerprint density at radius 1 is 1.05 bits per heavy atom. The monoisotopic (exact) mass is 319 g/mol. The van der Waals surface area contributed by atoms with Crippen molar-refractivity contribution in [3.8, 4) is 0 Å². The Kier molecular flexibility index (Phi) is 5.01. The van der Waals surface area contributed by atoms with Gasteiger partial charge in [-0.25, -0.2) is 8.42 Å². The lowest BCUT2D eigenvalue weighted by Gasteiger charge is -2.31. The van der Waals surface area contributed by atoms with Crippen molar-refractivity contribution in [2.75, 3.05) is 13.7 Å². The van der Waals surface area contributed by atoms with Crippen molar-refractivity contribution in [1.82, 2.24) is 4.72 Å². The smallest absolute Gasteiger partial charge is 0.241 e. The fraction of sp³-hybridized carbons (Fsp3) is 0.294. The Hall–Kier alpha value is -1.69. The van der Waals surface area contributed by atoms with Gasteiger partial charge in [0.25, 0.3) is 0 Å². The first-order valence-corrected chi connectivity index (χ1v) is 8.51. The molecule has 4 nitrogen and oxygen atoms in total. The molecule has 0 aliphatic carbocycles. The van der Waals surface area contributed by atoms with E-state index in [9.17, 15) is 8.42 Å². The summed E-state index contributed by atoms with van der Waals surface area (Å²) in [6, 6.07) is 16.0. The van der Waals surface area contributed by atoms with Gasteiger partial charge in [-0.3, -0.25) is 0 Å². The number of aryl methyl sites for hydroxylation is 1. The Labute approximate surface area is 132 Å². The van der Waals surface area contributed by atoms with E-state index in [1.807, 2.05) is 38.1 Å². The molecule has 118 valence electrons. The van der Waals surface area contributed by atoms with Crippen molar-refractivity contribution >= 4 is 10.0 Å². The summed E-state index contributed by atoms with van der Waals surface area (Å²) in [6.07, 6.45) is 0. The molecule has 0 fully saturated rings. The molecule has 0 aliphatic heterocycles. The molecule has 0 aliphatic rings. The fourth-order valence-corrected chi connectivity index (χ4v) is 3.99. The largest absolute Gasteiger partial charge is 0.382 e. The Balaban J connectivity index is 2.43. The number of ether oxygens (including phenoxy) is 1. The summed E-state index contributed by atoms with van der Waals surface area (Å²) in [7, 11) is -2.07. The molecule has 1 N–H and O–H groups in total. The van der Waals surface area contributed by atoms with E-state index in [0.29, 0.717) is 0 Å². The molecule has 0 heterocycles. The highest BCUT2D eigenvalue weighted by Gasteiger charge is 2.33. The van der Waals surface area contributed by atoms with Gasteiger partial charge in [-0.1, -0.05) is 42.5 Å². The topological polar surface area (TPSA) is 55.4 Å². The third-order valence-corrected chi connectivity index (χ3v) is 5.20. The molecule has 1 atom stereocenters. The van der Waals surface area contributed by atoms with Gasteiger partial charge in [0, 0.05) is 7.11 Å².